The molecule has 2 rings (SSSR count). The van der Waals surface area contributed by atoms with Crippen molar-refractivity contribution < 1.29 is 0 Å². The number of anilines is 1. The molecule has 0 aliphatic carbocycles. The first-order chi connectivity index (χ1) is 9.04. The molecule has 2 aromatic heterocycles. The van der Waals surface area contributed by atoms with Gasteiger partial charge in [-0.2, -0.15) is 0 Å². The molecule has 5 heteroatoms. The fourth-order valence-electron chi connectivity index (χ4n) is 2.16. The van der Waals surface area contributed by atoms with Crippen LogP contribution < -0.4 is 5.32 Å². The standard InChI is InChI=1S/C14H20ClN3S/c1-8(2)11(5-6-15)18-13-12-9(3)10(4)19-14(12)17-7-16-13/h7-8,11H,5-6H2,1-4H3,(H,16,17,18). The average Bonchev–Trinajstić information content (AvgIpc) is 2.65. The van der Waals surface area contributed by atoms with Crippen molar-refractivity contribution in [2.45, 2.75) is 40.2 Å². The summed E-state index contributed by atoms with van der Waals surface area (Å²) in [5.41, 5.74) is 1.27. The Labute approximate surface area is 123 Å². The topological polar surface area (TPSA) is 37.8 Å². The number of thiophene rings is 1. The highest BCUT2D eigenvalue weighted by molar-refractivity contribution is 7.18. The van der Waals surface area contributed by atoms with Crippen LogP contribution in [-0.4, -0.2) is 21.9 Å². The van der Waals surface area contributed by atoms with Crippen molar-refractivity contribution in [2.24, 2.45) is 5.92 Å². The Bertz CT molecular complexity index is 565. The van der Waals surface area contributed by atoms with Crippen molar-refractivity contribution in [3.8, 4) is 0 Å². The Hall–Kier alpha value is -0.870. The summed E-state index contributed by atoms with van der Waals surface area (Å²) in [5.74, 6) is 2.12. The van der Waals surface area contributed by atoms with Crippen LogP contribution in [0.2, 0.25) is 0 Å². The van der Waals surface area contributed by atoms with Crippen LogP contribution in [0.5, 0.6) is 0 Å². The van der Waals surface area contributed by atoms with Crippen LogP contribution in [0.1, 0.15) is 30.7 Å². The van der Waals surface area contributed by atoms with E-state index < -0.39 is 0 Å². The average molecular weight is 298 g/mol. The molecule has 1 unspecified atom stereocenters. The van der Waals surface area contributed by atoms with E-state index in [1.54, 1.807) is 17.7 Å². The maximum atomic E-state index is 5.89. The van der Waals surface area contributed by atoms with Gasteiger partial charge in [0, 0.05) is 16.8 Å². The first-order valence-electron chi connectivity index (χ1n) is 6.57. The zero-order valence-corrected chi connectivity index (χ0v) is 13.4. The van der Waals surface area contributed by atoms with E-state index in [1.807, 2.05) is 0 Å². The Balaban J connectivity index is 2.39. The van der Waals surface area contributed by atoms with E-state index >= 15 is 0 Å². The Kier molecular flexibility index (Phi) is 4.63. The van der Waals surface area contributed by atoms with Crippen molar-refractivity contribution >= 4 is 39.0 Å². The second-order valence-corrected chi connectivity index (χ2v) is 6.74. The highest BCUT2D eigenvalue weighted by atomic mass is 35.5. The number of nitrogens with one attached hydrogen (secondary N) is 1. The number of rotatable bonds is 5. The molecule has 0 aliphatic rings. The Morgan fingerprint density at radius 1 is 1.32 bits per heavy atom. The Morgan fingerprint density at radius 2 is 2.05 bits per heavy atom. The molecule has 0 fully saturated rings. The predicted molar refractivity (Wildman–Crippen MR) is 84.5 cm³/mol. The van der Waals surface area contributed by atoms with E-state index in [0.717, 1.165) is 22.5 Å². The van der Waals surface area contributed by atoms with Gasteiger partial charge in [0.05, 0.1) is 5.39 Å². The maximum absolute atomic E-state index is 5.89. The molecule has 1 atom stereocenters. The van der Waals surface area contributed by atoms with Crippen molar-refractivity contribution in [3.05, 3.63) is 16.8 Å². The predicted octanol–water partition coefficient (Wildman–Crippen LogP) is 4.37. The third kappa shape index (κ3) is 3.00. The summed E-state index contributed by atoms with van der Waals surface area (Å²) in [6.45, 7) is 8.67. The van der Waals surface area contributed by atoms with Gasteiger partial charge in [-0.25, -0.2) is 9.97 Å². The third-order valence-electron chi connectivity index (χ3n) is 3.51. The second-order valence-electron chi connectivity index (χ2n) is 5.16. The fourth-order valence-corrected chi connectivity index (χ4v) is 3.39. The minimum absolute atomic E-state index is 0.343. The van der Waals surface area contributed by atoms with Gasteiger partial charge in [-0.15, -0.1) is 22.9 Å². The third-order valence-corrected chi connectivity index (χ3v) is 4.85. The summed E-state index contributed by atoms with van der Waals surface area (Å²) >= 11 is 7.61. The van der Waals surface area contributed by atoms with Crippen molar-refractivity contribution in [1.82, 2.24) is 9.97 Å². The number of aryl methyl sites for hydroxylation is 2. The molecule has 1 N–H and O–H groups in total. The molecule has 0 aromatic carbocycles. The number of fused-ring (bicyclic) bond motifs is 1. The molecule has 0 bridgehead atoms. The number of alkyl halides is 1. The number of hydrogen-bond donors (Lipinski definition) is 1. The smallest absolute Gasteiger partial charge is 0.138 e. The molecule has 19 heavy (non-hydrogen) atoms. The van der Waals surface area contributed by atoms with Gasteiger partial charge in [0.2, 0.25) is 0 Å². The second kappa shape index (κ2) is 6.06. The molecular weight excluding hydrogens is 278 g/mol. The maximum Gasteiger partial charge on any atom is 0.138 e. The van der Waals surface area contributed by atoms with Crippen LogP contribution in [0.4, 0.5) is 5.82 Å². The van der Waals surface area contributed by atoms with Gasteiger partial charge in [0.25, 0.3) is 0 Å². The van der Waals surface area contributed by atoms with Gasteiger partial charge in [0.15, 0.2) is 0 Å². The molecule has 0 amide bonds. The van der Waals surface area contributed by atoms with E-state index in [1.165, 1.54) is 10.4 Å². The quantitative estimate of drug-likeness (QED) is 0.833. The zero-order chi connectivity index (χ0) is 14.0. The summed E-state index contributed by atoms with van der Waals surface area (Å²) in [5, 5.41) is 4.71. The van der Waals surface area contributed by atoms with Crippen LogP contribution in [0.15, 0.2) is 6.33 Å². The lowest BCUT2D eigenvalue weighted by Crippen LogP contribution is -2.26. The van der Waals surface area contributed by atoms with E-state index in [4.69, 9.17) is 11.6 Å². The number of aromatic nitrogens is 2. The van der Waals surface area contributed by atoms with Gasteiger partial charge in [-0.1, -0.05) is 13.8 Å². The summed E-state index contributed by atoms with van der Waals surface area (Å²) in [4.78, 5) is 11.1. The van der Waals surface area contributed by atoms with Crippen LogP contribution in [0.3, 0.4) is 0 Å². The van der Waals surface area contributed by atoms with Gasteiger partial charge >= 0.3 is 0 Å². The van der Waals surface area contributed by atoms with Crippen LogP contribution in [0.25, 0.3) is 10.2 Å². The zero-order valence-electron chi connectivity index (χ0n) is 11.8. The fraction of sp³-hybridized carbons (Fsp3) is 0.571. The highest BCUT2D eigenvalue weighted by Crippen LogP contribution is 2.33. The summed E-state index contributed by atoms with van der Waals surface area (Å²) in [6.07, 6.45) is 2.57. The first-order valence-corrected chi connectivity index (χ1v) is 7.93. The molecule has 0 spiro atoms. The molecule has 0 radical (unpaired) electrons. The normalized spacial score (nSPS) is 13.2. The number of halogens is 1. The first kappa shape index (κ1) is 14.5. The molecule has 0 saturated carbocycles. The molecule has 0 saturated heterocycles. The lowest BCUT2D eigenvalue weighted by atomic mass is 10.0. The summed E-state index contributed by atoms with van der Waals surface area (Å²) < 4.78 is 0. The van der Waals surface area contributed by atoms with E-state index in [2.05, 4.69) is 43.0 Å². The van der Waals surface area contributed by atoms with Crippen LogP contribution >= 0.6 is 22.9 Å². The minimum Gasteiger partial charge on any atom is -0.366 e. The SMILES string of the molecule is Cc1sc2ncnc(NC(CCCl)C(C)C)c2c1C. The Morgan fingerprint density at radius 3 is 2.68 bits per heavy atom. The minimum atomic E-state index is 0.343. The van der Waals surface area contributed by atoms with E-state index in [0.29, 0.717) is 17.8 Å². The molecule has 2 aromatic rings. The lowest BCUT2D eigenvalue weighted by molar-refractivity contribution is 0.512. The summed E-state index contributed by atoms with van der Waals surface area (Å²) in [7, 11) is 0. The van der Waals surface area contributed by atoms with Crippen molar-refractivity contribution in [2.75, 3.05) is 11.2 Å². The van der Waals surface area contributed by atoms with Crippen LogP contribution in [-0.2, 0) is 0 Å². The molecular formula is C14H20ClN3S. The van der Waals surface area contributed by atoms with Crippen LogP contribution in [0, 0.1) is 19.8 Å². The number of nitrogens with zero attached hydrogens (tertiary/aromatic N) is 2. The largest absolute Gasteiger partial charge is 0.366 e. The molecule has 0 aliphatic heterocycles. The van der Waals surface area contributed by atoms with E-state index in [9.17, 15) is 0 Å². The van der Waals surface area contributed by atoms with Gasteiger partial charge in [0.1, 0.15) is 17.0 Å². The number of hydrogen-bond acceptors (Lipinski definition) is 4. The highest BCUT2D eigenvalue weighted by Gasteiger charge is 2.17. The monoisotopic (exact) mass is 297 g/mol. The lowest BCUT2D eigenvalue weighted by Gasteiger charge is -2.22. The molecule has 104 valence electrons. The van der Waals surface area contributed by atoms with Crippen molar-refractivity contribution in [1.29, 1.82) is 0 Å². The molecule has 3 nitrogen and oxygen atoms in total. The van der Waals surface area contributed by atoms with Gasteiger partial charge < -0.3 is 5.32 Å². The summed E-state index contributed by atoms with van der Waals surface area (Å²) in [6, 6.07) is 0.343. The molecule has 2 heterocycles. The van der Waals surface area contributed by atoms with Gasteiger partial charge in [-0.05, 0) is 31.7 Å². The van der Waals surface area contributed by atoms with E-state index in [-0.39, 0.29) is 0 Å². The van der Waals surface area contributed by atoms with Crippen molar-refractivity contribution in [3.63, 3.8) is 0 Å². The van der Waals surface area contributed by atoms with Gasteiger partial charge in [-0.3, -0.25) is 0 Å².